The van der Waals surface area contributed by atoms with Crippen LogP contribution in [0.3, 0.4) is 0 Å². The van der Waals surface area contributed by atoms with E-state index in [1.54, 1.807) is 25.6 Å². The van der Waals surface area contributed by atoms with Crippen molar-refractivity contribution >= 4 is 11.2 Å². The summed E-state index contributed by atoms with van der Waals surface area (Å²) >= 11 is 0. The number of nitrogens with two attached hydrogens (primary N) is 1. The predicted octanol–water partition coefficient (Wildman–Crippen LogP) is -1.09. The van der Waals surface area contributed by atoms with Crippen LogP contribution >= 0.6 is 0 Å². The molecule has 2 aromatic rings. The third-order valence-corrected chi connectivity index (χ3v) is 2.95. The normalized spacial score (nSPS) is 11.3. The summed E-state index contributed by atoms with van der Waals surface area (Å²) in [6, 6.07) is 0. The first-order chi connectivity index (χ1) is 8.02. The van der Waals surface area contributed by atoms with Crippen LogP contribution in [-0.4, -0.2) is 18.7 Å². The van der Waals surface area contributed by atoms with Crippen LogP contribution in [0.4, 0.5) is 0 Å². The Bertz CT molecular complexity index is 691. The Balaban J connectivity index is 3.08. The third kappa shape index (κ3) is 1.42. The molecule has 0 spiro atoms. The zero-order valence-electron chi connectivity index (χ0n) is 10.1. The van der Waals surface area contributed by atoms with E-state index in [0.29, 0.717) is 23.5 Å². The quantitative estimate of drug-likeness (QED) is 0.719. The number of aryl methyl sites for hydroxylation is 2. The number of fused-ring (bicyclic) bond motifs is 1. The van der Waals surface area contributed by atoms with E-state index in [2.05, 4.69) is 4.98 Å². The van der Waals surface area contributed by atoms with E-state index in [1.807, 2.05) is 0 Å². The lowest BCUT2D eigenvalue weighted by Crippen LogP contribution is -2.39. The van der Waals surface area contributed by atoms with E-state index in [9.17, 15) is 9.59 Å². The lowest BCUT2D eigenvalue weighted by Gasteiger charge is -2.05. The lowest BCUT2D eigenvalue weighted by molar-refractivity contribution is 0.635. The van der Waals surface area contributed by atoms with Gasteiger partial charge in [0.2, 0.25) is 0 Å². The Morgan fingerprint density at radius 1 is 1.24 bits per heavy atom. The monoisotopic (exact) mass is 237 g/mol. The molecule has 7 heteroatoms. The predicted molar refractivity (Wildman–Crippen MR) is 63.8 cm³/mol. The van der Waals surface area contributed by atoms with Crippen molar-refractivity contribution in [3.63, 3.8) is 0 Å². The van der Waals surface area contributed by atoms with E-state index in [-0.39, 0.29) is 17.8 Å². The molecule has 0 fully saturated rings. The zero-order valence-corrected chi connectivity index (χ0v) is 10.1. The standard InChI is InChI=1S/C10H15N5O2/c1-4-15-9(16)7-8(14(3)10(15)17)12-6(5-11)13(7)2/h4-5,11H2,1-3H3. The molecule has 0 radical (unpaired) electrons. The van der Waals surface area contributed by atoms with Crippen LogP contribution in [0.1, 0.15) is 12.7 Å². The Labute approximate surface area is 97.1 Å². The molecule has 0 aliphatic carbocycles. The Hall–Kier alpha value is -1.89. The number of hydrogen-bond acceptors (Lipinski definition) is 4. The van der Waals surface area contributed by atoms with Crippen molar-refractivity contribution in [3.05, 3.63) is 26.7 Å². The fourth-order valence-corrected chi connectivity index (χ4v) is 1.95. The van der Waals surface area contributed by atoms with Gasteiger partial charge in [-0.1, -0.05) is 0 Å². The Morgan fingerprint density at radius 2 is 1.88 bits per heavy atom. The van der Waals surface area contributed by atoms with E-state index >= 15 is 0 Å². The van der Waals surface area contributed by atoms with E-state index in [0.717, 1.165) is 0 Å². The minimum Gasteiger partial charge on any atom is -0.324 e. The molecule has 2 rings (SSSR count). The molecule has 0 amide bonds. The molecule has 0 aromatic carbocycles. The molecule has 2 N–H and O–H groups in total. The van der Waals surface area contributed by atoms with Crippen molar-refractivity contribution in [3.8, 4) is 0 Å². The lowest BCUT2D eigenvalue weighted by atomic mass is 10.5. The van der Waals surface area contributed by atoms with Crippen LogP contribution < -0.4 is 17.0 Å². The van der Waals surface area contributed by atoms with Gasteiger partial charge in [0.25, 0.3) is 5.56 Å². The fourth-order valence-electron chi connectivity index (χ4n) is 1.95. The maximum atomic E-state index is 12.1. The molecule has 92 valence electrons. The molecule has 0 atom stereocenters. The highest BCUT2D eigenvalue weighted by molar-refractivity contribution is 5.70. The molecule has 2 aromatic heterocycles. The van der Waals surface area contributed by atoms with Crippen molar-refractivity contribution in [2.75, 3.05) is 0 Å². The van der Waals surface area contributed by atoms with Gasteiger partial charge < -0.3 is 10.3 Å². The minimum atomic E-state index is -0.355. The Kier molecular flexibility index (Phi) is 2.62. The van der Waals surface area contributed by atoms with Gasteiger partial charge in [0.1, 0.15) is 5.82 Å². The number of rotatable bonds is 2. The van der Waals surface area contributed by atoms with E-state index in [4.69, 9.17) is 5.73 Å². The summed E-state index contributed by atoms with van der Waals surface area (Å²) in [6.45, 7) is 2.32. The topological polar surface area (TPSA) is 87.8 Å². The van der Waals surface area contributed by atoms with Gasteiger partial charge in [0.15, 0.2) is 11.2 Å². The number of nitrogens with zero attached hydrogens (tertiary/aromatic N) is 4. The van der Waals surface area contributed by atoms with Crippen molar-refractivity contribution in [1.82, 2.24) is 18.7 Å². The first-order valence-corrected chi connectivity index (χ1v) is 5.38. The fraction of sp³-hybridized carbons (Fsp3) is 0.500. The molecule has 0 bridgehead atoms. The second-order valence-electron chi connectivity index (χ2n) is 3.85. The van der Waals surface area contributed by atoms with Crippen molar-refractivity contribution < 1.29 is 0 Å². The van der Waals surface area contributed by atoms with E-state index < -0.39 is 0 Å². The largest absolute Gasteiger partial charge is 0.332 e. The molecular formula is C10H15N5O2. The van der Waals surface area contributed by atoms with Gasteiger partial charge in [0, 0.05) is 20.6 Å². The molecule has 0 aliphatic rings. The van der Waals surface area contributed by atoms with Crippen LogP contribution in [-0.2, 0) is 27.2 Å². The maximum Gasteiger partial charge on any atom is 0.332 e. The zero-order chi connectivity index (χ0) is 12.7. The molecule has 0 unspecified atom stereocenters. The van der Waals surface area contributed by atoms with Crippen molar-refractivity contribution in [2.24, 2.45) is 19.8 Å². The maximum absolute atomic E-state index is 12.1. The third-order valence-electron chi connectivity index (χ3n) is 2.95. The number of imidazole rings is 1. The van der Waals surface area contributed by atoms with Crippen LogP contribution in [0.15, 0.2) is 9.59 Å². The van der Waals surface area contributed by atoms with Crippen molar-refractivity contribution in [2.45, 2.75) is 20.0 Å². The van der Waals surface area contributed by atoms with Crippen LogP contribution in [0.25, 0.3) is 11.2 Å². The van der Waals surface area contributed by atoms with Gasteiger partial charge in [-0.3, -0.25) is 13.9 Å². The molecular weight excluding hydrogens is 222 g/mol. The van der Waals surface area contributed by atoms with Crippen LogP contribution in [0.2, 0.25) is 0 Å². The van der Waals surface area contributed by atoms with Gasteiger partial charge in [-0.25, -0.2) is 9.78 Å². The molecule has 7 nitrogen and oxygen atoms in total. The summed E-state index contributed by atoms with van der Waals surface area (Å²) < 4.78 is 4.20. The molecule has 0 aliphatic heterocycles. The molecule has 0 saturated carbocycles. The average molecular weight is 237 g/mol. The van der Waals surface area contributed by atoms with Crippen LogP contribution in [0.5, 0.6) is 0 Å². The molecule has 0 saturated heterocycles. The summed E-state index contributed by atoms with van der Waals surface area (Å²) in [7, 11) is 3.33. The smallest absolute Gasteiger partial charge is 0.324 e. The number of hydrogen-bond donors (Lipinski definition) is 1. The summed E-state index contributed by atoms with van der Waals surface area (Å²) in [6.07, 6.45) is 0. The summed E-state index contributed by atoms with van der Waals surface area (Å²) in [5.41, 5.74) is 5.66. The highest BCUT2D eigenvalue weighted by Crippen LogP contribution is 2.07. The summed E-state index contributed by atoms with van der Waals surface area (Å²) in [4.78, 5) is 28.2. The average Bonchev–Trinajstić information content (AvgIpc) is 2.64. The molecule has 2 heterocycles. The second kappa shape index (κ2) is 3.85. The van der Waals surface area contributed by atoms with Gasteiger partial charge in [-0.05, 0) is 6.92 Å². The highest BCUT2D eigenvalue weighted by atomic mass is 16.2. The summed E-state index contributed by atoms with van der Waals surface area (Å²) in [5.74, 6) is 0.584. The second-order valence-corrected chi connectivity index (χ2v) is 3.85. The van der Waals surface area contributed by atoms with Gasteiger partial charge in [-0.2, -0.15) is 0 Å². The van der Waals surface area contributed by atoms with Gasteiger partial charge in [-0.15, -0.1) is 0 Å². The number of aromatic nitrogens is 4. The van der Waals surface area contributed by atoms with Crippen molar-refractivity contribution in [1.29, 1.82) is 0 Å². The minimum absolute atomic E-state index is 0.227. The first-order valence-electron chi connectivity index (χ1n) is 5.38. The Morgan fingerprint density at radius 3 is 2.41 bits per heavy atom. The first kappa shape index (κ1) is 11.6. The van der Waals surface area contributed by atoms with Crippen LogP contribution in [0, 0.1) is 0 Å². The van der Waals surface area contributed by atoms with E-state index in [1.165, 1.54) is 9.13 Å². The molecule has 17 heavy (non-hydrogen) atoms. The highest BCUT2D eigenvalue weighted by Gasteiger charge is 2.16. The summed E-state index contributed by atoms with van der Waals surface area (Å²) in [5, 5.41) is 0. The van der Waals surface area contributed by atoms with Gasteiger partial charge in [0.05, 0.1) is 6.54 Å². The SMILES string of the molecule is CCn1c(=O)c2c(nc(CN)n2C)n(C)c1=O. The van der Waals surface area contributed by atoms with Gasteiger partial charge >= 0.3 is 5.69 Å².